The molecule has 0 amide bonds. The van der Waals surface area contributed by atoms with Gasteiger partial charge in [0.2, 0.25) is 0 Å². The van der Waals surface area contributed by atoms with Crippen molar-refractivity contribution in [3.8, 4) is 6.07 Å². The Hall–Kier alpha value is -1.49. The molecule has 16 heavy (non-hydrogen) atoms. The van der Waals surface area contributed by atoms with Gasteiger partial charge in [0.25, 0.3) is 0 Å². The molecule has 0 aromatic heterocycles. The van der Waals surface area contributed by atoms with Gasteiger partial charge in [0.1, 0.15) is 0 Å². The SMILES string of the molecule is Cc1ccc(N(C)CC2(C#N)CCC2)cc1. The summed E-state index contributed by atoms with van der Waals surface area (Å²) >= 11 is 0. The first-order valence-electron chi connectivity index (χ1n) is 5.84. The lowest BCUT2D eigenvalue weighted by atomic mass is 9.69. The van der Waals surface area contributed by atoms with Crippen LogP contribution in [0.5, 0.6) is 0 Å². The van der Waals surface area contributed by atoms with E-state index in [1.807, 2.05) is 0 Å². The van der Waals surface area contributed by atoms with Crippen molar-refractivity contribution in [3.63, 3.8) is 0 Å². The molecular formula is C14H18N2. The van der Waals surface area contributed by atoms with Crippen molar-refractivity contribution in [3.05, 3.63) is 29.8 Å². The monoisotopic (exact) mass is 214 g/mol. The number of aryl methyl sites for hydroxylation is 1. The largest absolute Gasteiger partial charge is 0.373 e. The summed E-state index contributed by atoms with van der Waals surface area (Å²) in [5.41, 5.74) is 2.39. The molecule has 0 N–H and O–H groups in total. The third-order valence-corrected chi connectivity index (χ3v) is 3.56. The molecule has 1 aromatic carbocycles. The first kappa shape index (κ1) is 11.0. The molecule has 2 heteroatoms. The Labute approximate surface area is 97.5 Å². The lowest BCUT2D eigenvalue weighted by Gasteiger charge is -2.39. The van der Waals surface area contributed by atoms with Gasteiger partial charge < -0.3 is 4.90 Å². The van der Waals surface area contributed by atoms with E-state index in [-0.39, 0.29) is 5.41 Å². The summed E-state index contributed by atoms with van der Waals surface area (Å²) in [6, 6.07) is 11.0. The normalized spacial score (nSPS) is 17.3. The van der Waals surface area contributed by atoms with E-state index in [9.17, 15) is 5.26 Å². The van der Waals surface area contributed by atoms with Crippen LogP contribution in [-0.4, -0.2) is 13.6 Å². The highest BCUT2D eigenvalue weighted by molar-refractivity contribution is 5.47. The fourth-order valence-corrected chi connectivity index (χ4v) is 2.25. The van der Waals surface area contributed by atoms with Gasteiger partial charge >= 0.3 is 0 Å². The second kappa shape index (κ2) is 4.17. The highest BCUT2D eigenvalue weighted by Gasteiger charge is 2.38. The average molecular weight is 214 g/mol. The number of hydrogen-bond acceptors (Lipinski definition) is 2. The summed E-state index contributed by atoms with van der Waals surface area (Å²) in [5.74, 6) is 0. The quantitative estimate of drug-likeness (QED) is 0.773. The molecule has 0 heterocycles. The molecule has 0 bridgehead atoms. The van der Waals surface area contributed by atoms with Gasteiger partial charge in [0.05, 0.1) is 11.5 Å². The van der Waals surface area contributed by atoms with E-state index in [1.165, 1.54) is 17.7 Å². The van der Waals surface area contributed by atoms with E-state index in [2.05, 4.69) is 49.2 Å². The van der Waals surface area contributed by atoms with Crippen LogP contribution in [0.15, 0.2) is 24.3 Å². The second-order valence-electron chi connectivity index (χ2n) is 4.94. The third kappa shape index (κ3) is 2.04. The zero-order valence-corrected chi connectivity index (χ0v) is 10.0. The number of benzene rings is 1. The zero-order valence-electron chi connectivity index (χ0n) is 10.0. The Kier molecular flexibility index (Phi) is 2.87. The zero-order chi connectivity index (χ0) is 11.6. The topological polar surface area (TPSA) is 27.0 Å². The van der Waals surface area contributed by atoms with Crippen LogP contribution in [0, 0.1) is 23.7 Å². The number of nitrogens with zero attached hydrogens (tertiary/aromatic N) is 2. The van der Waals surface area contributed by atoms with Crippen molar-refractivity contribution < 1.29 is 0 Å². The molecule has 1 aliphatic carbocycles. The summed E-state index contributed by atoms with van der Waals surface area (Å²) in [6.07, 6.45) is 3.31. The summed E-state index contributed by atoms with van der Waals surface area (Å²) in [5, 5.41) is 9.20. The van der Waals surface area contributed by atoms with Crippen LogP contribution in [0.3, 0.4) is 0 Å². The molecule has 0 aliphatic heterocycles. The molecule has 1 fully saturated rings. The van der Waals surface area contributed by atoms with Crippen molar-refractivity contribution in [2.24, 2.45) is 5.41 Å². The van der Waals surface area contributed by atoms with Crippen LogP contribution < -0.4 is 4.90 Å². The summed E-state index contributed by atoms with van der Waals surface area (Å²) in [7, 11) is 2.07. The Balaban J connectivity index is 2.05. The Morgan fingerprint density at radius 1 is 1.31 bits per heavy atom. The first-order chi connectivity index (χ1) is 7.65. The van der Waals surface area contributed by atoms with Crippen LogP contribution in [0.25, 0.3) is 0 Å². The Morgan fingerprint density at radius 2 is 1.94 bits per heavy atom. The minimum absolute atomic E-state index is 0.0837. The molecule has 0 atom stereocenters. The van der Waals surface area contributed by atoms with Gasteiger partial charge in [-0.05, 0) is 31.9 Å². The van der Waals surface area contributed by atoms with E-state index >= 15 is 0 Å². The van der Waals surface area contributed by atoms with Crippen molar-refractivity contribution in [2.75, 3.05) is 18.5 Å². The lowest BCUT2D eigenvalue weighted by Crippen LogP contribution is -2.39. The summed E-state index contributed by atoms with van der Waals surface area (Å²) in [4.78, 5) is 2.20. The van der Waals surface area contributed by atoms with E-state index in [1.54, 1.807) is 0 Å². The van der Waals surface area contributed by atoms with E-state index in [0.717, 1.165) is 19.4 Å². The molecule has 2 nitrogen and oxygen atoms in total. The standard InChI is InChI=1S/C14H18N2/c1-12-4-6-13(7-5-12)16(2)11-14(10-15)8-3-9-14/h4-7H,3,8-9,11H2,1-2H3. The molecule has 0 radical (unpaired) electrons. The van der Waals surface area contributed by atoms with Crippen molar-refractivity contribution in [1.29, 1.82) is 5.26 Å². The number of rotatable bonds is 3. The molecule has 84 valence electrons. The fourth-order valence-electron chi connectivity index (χ4n) is 2.25. The van der Waals surface area contributed by atoms with Crippen LogP contribution in [0.4, 0.5) is 5.69 Å². The average Bonchev–Trinajstić information content (AvgIpc) is 2.24. The summed E-state index contributed by atoms with van der Waals surface area (Å²) in [6.45, 7) is 2.94. The van der Waals surface area contributed by atoms with Crippen LogP contribution >= 0.6 is 0 Å². The van der Waals surface area contributed by atoms with Gasteiger partial charge in [-0.2, -0.15) is 5.26 Å². The smallest absolute Gasteiger partial charge is 0.0748 e. The summed E-state index contributed by atoms with van der Waals surface area (Å²) < 4.78 is 0. The van der Waals surface area contributed by atoms with Crippen LogP contribution in [-0.2, 0) is 0 Å². The van der Waals surface area contributed by atoms with Gasteiger partial charge in [0, 0.05) is 19.3 Å². The highest BCUT2D eigenvalue weighted by atomic mass is 15.1. The van der Waals surface area contributed by atoms with E-state index in [4.69, 9.17) is 0 Å². The number of hydrogen-bond donors (Lipinski definition) is 0. The van der Waals surface area contributed by atoms with Crippen molar-refractivity contribution in [2.45, 2.75) is 26.2 Å². The predicted octanol–water partition coefficient (Wildman–Crippen LogP) is 3.13. The molecule has 1 aliphatic rings. The maximum absolute atomic E-state index is 9.20. The van der Waals surface area contributed by atoms with Crippen LogP contribution in [0.1, 0.15) is 24.8 Å². The maximum atomic E-state index is 9.20. The molecule has 1 saturated carbocycles. The van der Waals surface area contributed by atoms with Crippen LogP contribution in [0.2, 0.25) is 0 Å². The van der Waals surface area contributed by atoms with Crippen molar-refractivity contribution in [1.82, 2.24) is 0 Å². The minimum atomic E-state index is -0.0837. The maximum Gasteiger partial charge on any atom is 0.0748 e. The molecule has 0 saturated heterocycles. The number of anilines is 1. The van der Waals surface area contributed by atoms with Gasteiger partial charge in [-0.15, -0.1) is 0 Å². The van der Waals surface area contributed by atoms with Gasteiger partial charge in [-0.1, -0.05) is 24.1 Å². The molecular weight excluding hydrogens is 196 g/mol. The molecule has 0 spiro atoms. The van der Waals surface area contributed by atoms with Gasteiger partial charge in [-0.25, -0.2) is 0 Å². The van der Waals surface area contributed by atoms with Gasteiger partial charge in [0.15, 0.2) is 0 Å². The Bertz CT molecular complexity index is 396. The molecule has 2 rings (SSSR count). The third-order valence-electron chi connectivity index (χ3n) is 3.56. The fraction of sp³-hybridized carbons (Fsp3) is 0.500. The first-order valence-corrected chi connectivity index (χ1v) is 5.84. The molecule has 1 aromatic rings. The van der Waals surface area contributed by atoms with E-state index < -0.39 is 0 Å². The molecule has 0 unspecified atom stereocenters. The lowest BCUT2D eigenvalue weighted by molar-refractivity contribution is 0.223. The van der Waals surface area contributed by atoms with Crippen molar-refractivity contribution >= 4 is 5.69 Å². The van der Waals surface area contributed by atoms with Gasteiger partial charge in [-0.3, -0.25) is 0 Å². The predicted molar refractivity (Wildman–Crippen MR) is 66.3 cm³/mol. The highest BCUT2D eigenvalue weighted by Crippen LogP contribution is 2.41. The second-order valence-corrected chi connectivity index (χ2v) is 4.94. The number of nitriles is 1. The van der Waals surface area contributed by atoms with E-state index in [0.29, 0.717) is 0 Å². The minimum Gasteiger partial charge on any atom is -0.373 e. The Morgan fingerprint density at radius 3 is 2.38 bits per heavy atom.